The average molecular weight is 673 g/mol. The first-order chi connectivity index (χ1) is 23.5. The summed E-state index contributed by atoms with van der Waals surface area (Å²) in [7, 11) is 0. The van der Waals surface area contributed by atoms with Gasteiger partial charge in [-0.2, -0.15) is 0 Å². The van der Waals surface area contributed by atoms with E-state index < -0.39 is 46.5 Å². The molecule has 5 rings (SSSR count). The molecule has 18 nitrogen and oxygen atoms in total. The number of fused-ring (bicyclic) bond motifs is 1. The fourth-order valence-corrected chi connectivity index (χ4v) is 4.53. The lowest BCUT2D eigenvalue weighted by Crippen LogP contribution is -2.18. The minimum atomic E-state index is -1.52. The average Bonchev–Trinajstić information content (AvgIpc) is 3.56. The van der Waals surface area contributed by atoms with E-state index >= 15 is 0 Å². The van der Waals surface area contributed by atoms with Crippen molar-refractivity contribution in [3.05, 3.63) is 99.6 Å². The second kappa shape index (κ2) is 14.1. The number of carboxylic acid groups (broad SMARTS) is 2. The molecule has 0 aliphatic heterocycles. The van der Waals surface area contributed by atoms with Crippen LogP contribution in [0.25, 0.3) is 11.2 Å². The Kier molecular flexibility index (Phi) is 9.57. The number of rotatable bonds is 12. The van der Waals surface area contributed by atoms with Crippen molar-refractivity contribution >= 4 is 52.6 Å². The lowest BCUT2D eigenvalue weighted by Gasteiger charge is -2.13. The minimum absolute atomic E-state index is 0.0153. The molecule has 3 aromatic heterocycles. The summed E-state index contributed by atoms with van der Waals surface area (Å²) in [6, 6.07) is 7.56. The van der Waals surface area contributed by atoms with E-state index in [9.17, 15) is 38.2 Å². The Labute approximate surface area is 272 Å². The highest BCUT2D eigenvalue weighted by Crippen LogP contribution is 2.26. The molecule has 0 radical (unpaired) electrons. The zero-order chi connectivity index (χ0) is 35.2. The lowest BCUT2D eigenvalue weighted by molar-refractivity contribution is 0.0686. The Morgan fingerprint density at radius 1 is 0.776 bits per heavy atom. The number of halogens is 2. The molecule has 0 bridgehead atoms. The Morgan fingerprint density at radius 3 is 1.84 bits per heavy atom. The number of carboxylic acids is 2. The number of tetrazole rings is 1. The Bertz CT molecular complexity index is 2170. The van der Waals surface area contributed by atoms with Crippen molar-refractivity contribution in [2.75, 3.05) is 10.6 Å². The van der Waals surface area contributed by atoms with Gasteiger partial charge in [-0.3, -0.25) is 9.59 Å². The predicted octanol–water partition coefficient (Wildman–Crippen LogP) is 2.01. The molecular formula is C29H22F2N12O6. The number of allylic oxidation sites excluding steroid dienone is 1. The van der Waals surface area contributed by atoms with Crippen molar-refractivity contribution in [3.8, 4) is 0 Å². The molecule has 2 aromatic carbocycles. The molecule has 0 unspecified atom stereocenters. The zero-order valence-electron chi connectivity index (χ0n) is 24.8. The minimum Gasteiger partial charge on any atom is -0.478 e. The van der Waals surface area contributed by atoms with Gasteiger partial charge < -0.3 is 32.0 Å². The highest BCUT2D eigenvalue weighted by atomic mass is 19.1. The Morgan fingerprint density at radius 2 is 1.33 bits per heavy atom. The van der Waals surface area contributed by atoms with Gasteiger partial charge >= 0.3 is 11.9 Å². The van der Waals surface area contributed by atoms with E-state index in [1.165, 1.54) is 18.2 Å². The number of aromatic nitrogens is 8. The number of nitrogens with zero attached hydrogens (tertiary/aromatic N) is 8. The van der Waals surface area contributed by atoms with Gasteiger partial charge in [-0.15, -0.1) is 20.4 Å². The number of nitrogens with one attached hydrogen (secondary N) is 3. The van der Waals surface area contributed by atoms with Crippen LogP contribution in [0.4, 0.5) is 20.2 Å². The molecule has 7 N–H and O–H groups in total. The normalized spacial score (nSPS) is 11.3. The van der Waals surface area contributed by atoms with Crippen LogP contribution in [0.5, 0.6) is 0 Å². The molecule has 248 valence electrons. The molecule has 0 spiro atoms. The van der Waals surface area contributed by atoms with Gasteiger partial charge in [0.2, 0.25) is 5.65 Å². The van der Waals surface area contributed by atoms with Gasteiger partial charge in [0.15, 0.2) is 11.4 Å². The molecule has 49 heavy (non-hydrogen) atoms. The van der Waals surface area contributed by atoms with Crippen molar-refractivity contribution in [2.24, 2.45) is 5.73 Å². The Balaban J connectivity index is 1.32. The number of nitrogens with two attached hydrogens (primary N) is 1. The quantitative estimate of drug-likeness (QED) is 0.103. The van der Waals surface area contributed by atoms with Gasteiger partial charge in [0.05, 0.1) is 28.2 Å². The van der Waals surface area contributed by atoms with E-state index in [2.05, 4.69) is 46.7 Å². The number of aromatic carboxylic acids is 2. The monoisotopic (exact) mass is 672 g/mol. The third kappa shape index (κ3) is 7.32. The van der Waals surface area contributed by atoms with Crippen LogP contribution < -0.4 is 16.4 Å². The number of carbonyl (C=O) groups excluding carboxylic acids is 2. The van der Waals surface area contributed by atoms with Crippen LogP contribution in [0.1, 0.15) is 64.9 Å². The molecule has 0 saturated heterocycles. The fraction of sp³-hybridized carbons (Fsp3) is 0.103. The summed E-state index contributed by atoms with van der Waals surface area (Å²) in [5, 5.41) is 56.7. The van der Waals surface area contributed by atoms with E-state index in [0.29, 0.717) is 0 Å². The van der Waals surface area contributed by atoms with Gasteiger partial charge in [0.1, 0.15) is 11.6 Å². The zero-order valence-corrected chi connectivity index (χ0v) is 24.8. The number of carbonyl (C=O) groups is 4. The maximum atomic E-state index is 15.0. The molecule has 0 saturated carbocycles. The highest BCUT2D eigenvalue weighted by Gasteiger charge is 2.21. The number of aryl methyl sites for hydroxylation is 2. The van der Waals surface area contributed by atoms with Crippen LogP contribution >= 0.6 is 0 Å². The van der Waals surface area contributed by atoms with Gasteiger partial charge in [0, 0.05) is 24.1 Å². The molecule has 0 aliphatic carbocycles. The van der Waals surface area contributed by atoms with Crippen LogP contribution in [0.2, 0.25) is 0 Å². The Hall–Kier alpha value is -7.12. The number of hydrogen-bond donors (Lipinski definition) is 6. The summed E-state index contributed by atoms with van der Waals surface area (Å²) in [6.07, 6.45) is 2.01. The topological polar surface area (TPSA) is 277 Å². The number of anilines is 2. The number of benzene rings is 2. The summed E-state index contributed by atoms with van der Waals surface area (Å²) in [4.78, 5) is 49.3. The third-order valence-electron chi connectivity index (χ3n) is 6.96. The maximum Gasteiger partial charge on any atom is 0.337 e. The molecular weight excluding hydrogens is 650 g/mol. The molecule has 0 atom stereocenters. The van der Waals surface area contributed by atoms with Crippen molar-refractivity contribution in [1.29, 1.82) is 5.41 Å². The second-order valence-electron chi connectivity index (χ2n) is 10.1. The van der Waals surface area contributed by atoms with Crippen molar-refractivity contribution in [3.63, 3.8) is 0 Å². The van der Waals surface area contributed by atoms with Crippen LogP contribution in [-0.4, -0.2) is 80.8 Å². The van der Waals surface area contributed by atoms with Crippen molar-refractivity contribution in [2.45, 2.75) is 19.3 Å². The van der Waals surface area contributed by atoms with Gasteiger partial charge in [-0.1, -0.05) is 4.63 Å². The molecule has 5 aromatic rings. The van der Waals surface area contributed by atoms with E-state index in [1.807, 2.05) is 0 Å². The molecule has 2 amide bonds. The molecule has 0 aliphatic rings. The number of amides is 2. The van der Waals surface area contributed by atoms with E-state index in [-0.39, 0.29) is 70.1 Å². The molecule has 20 heteroatoms. The SMILES string of the molecule is N=CC(=CN)c1ccc(C(=O)Nc2cc(CCCc3cc(NC(=O)c4cc5nnnn5nn4)c(C(=O)O)cc3F)c(F)cc2C(=O)O)nn1. The van der Waals surface area contributed by atoms with Crippen LogP contribution in [-0.2, 0) is 12.8 Å². The predicted molar refractivity (Wildman–Crippen MR) is 164 cm³/mol. The van der Waals surface area contributed by atoms with Gasteiger partial charge in [0.25, 0.3) is 11.8 Å². The summed E-state index contributed by atoms with van der Waals surface area (Å²) in [5.41, 5.74) is 3.89. The van der Waals surface area contributed by atoms with Crippen molar-refractivity contribution in [1.82, 2.24) is 40.7 Å². The van der Waals surface area contributed by atoms with Crippen molar-refractivity contribution < 1.29 is 38.2 Å². The van der Waals surface area contributed by atoms with Gasteiger partial charge in [-0.05, 0) is 82.4 Å². The summed E-state index contributed by atoms with van der Waals surface area (Å²) < 4.78 is 30.9. The largest absolute Gasteiger partial charge is 0.478 e. The van der Waals surface area contributed by atoms with Crippen LogP contribution in [0, 0.1) is 17.0 Å². The first kappa shape index (κ1) is 33.2. The lowest BCUT2D eigenvalue weighted by atomic mass is 9.99. The first-order valence-corrected chi connectivity index (χ1v) is 13.9. The van der Waals surface area contributed by atoms with Gasteiger partial charge in [-0.25, -0.2) is 18.4 Å². The van der Waals surface area contributed by atoms with Crippen LogP contribution in [0.15, 0.2) is 48.7 Å². The fourth-order valence-electron chi connectivity index (χ4n) is 4.53. The molecule has 0 fully saturated rings. The molecule has 3 heterocycles. The van der Waals surface area contributed by atoms with E-state index in [1.54, 1.807) is 0 Å². The smallest absolute Gasteiger partial charge is 0.337 e. The van der Waals surface area contributed by atoms with Crippen LogP contribution in [0.3, 0.4) is 0 Å². The summed E-state index contributed by atoms with van der Waals surface area (Å²) in [5.74, 6) is -6.58. The standard InChI is InChI=1S/C29H22F2N12O6/c30-18-8-16(28(46)47)22(34-26(44)21-5-4-20(36-37-21)15(11-32)12-33)6-13(18)2-1-3-14-7-23(17(29(48)49)9-19(14)31)35-27(45)24-10-25-39-40-42-43(25)41-38-24/h4-12,32H,1-3,33H2,(H,34,44)(H,35,45)(H,46,47)(H,48,49). The summed E-state index contributed by atoms with van der Waals surface area (Å²) >= 11 is 0. The van der Waals surface area contributed by atoms with E-state index in [4.69, 9.17) is 11.1 Å². The number of hydrogen-bond acceptors (Lipinski definition) is 13. The third-order valence-corrected chi connectivity index (χ3v) is 6.96. The first-order valence-electron chi connectivity index (χ1n) is 13.9. The highest BCUT2D eigenvalue weighted by molar-refractivity contribution is 6.09. The maximum absolute atomic E-state index is 15.0. The second-order valence-corrected chi connectivity index (χ2v) is 10.1. The summed E-state index contributed by atoms with van der Waals surface area (Å²) in [6.45, 7) is 0. The van der Waals surface area contributed by atoms with E-state index in [0.717, 1.165) is 41.3 Å².